The van der Waals surface area contributed by atoms with Gasteiger partial charge in [-0.15, -0.1) is 0 Å². The van der Waals surface area contributed by atoms with E-state index in [0.29, 0.717) is 11.9 Å². The van der Waals surface area contributed by atoms with Gasteiger partial charge in [-0.2, -0.15) is 0 Å². The maximum Gasteiger partial charge on any atom is 0.317 e. The molecule has 0 spiro atoms. The number of nitrogens with zero attached hydrogens (tertiary/aromatic N) is 2. The molecule has 1 saturated carbocycles. The average molecular weight is 279 g/mol. The number of nitrogens with one attached hydrogen (secondary N) is 1. The van der Waals surface area contributed by atoms with Gasteiger partial charge >= 0.3 is 6.03 Å². The minimum Gasteiger partial charge on any atom is -0.342 e. The second kappa shape index (κ2) is 6.02. The zero-order valence-electron chi connectivity index (χ0n) is 12.1. The summed E-state index contributed by atoms with van der Waals surface area (Å²) >= 11 is 0. The standard InChI is InChI=1S/C15H25N3O2/c19-14(12-4-1-2-5-12)17-10-6-13(7-11-17)18-9-3-8-16-15(18)20/h12-13H,1-11H2,(H,16,20). The van der Waals surface area contributed by atoms with Gasteiger partial charge in [0, 0.05) is 38.1 Å². The Morgan fingerprint density at radius 1 is 1.00 bits per heavy atom. The smallest absolute Gasteiger partial charge is 0.317 e. The van der Waals surface area contributed by atoms with Gasteiger partial charge in [0.2, 0.25) is 5.91 Å². The first kappa shape index (κ1) is 13.7. The predicted octanol–water partition coefficient (Wildman–Crippen LogP) is 1.58. The monoisotopic (exact) mass is 279 g/mol. The largest absolute Gasteiger partial charge is 0.342 e. The van der Waals surface area contributed by atoms with Gasteiger partial charge in [0.05, 0.1) is 0 Å². The molecule has 112 valence electrons. The fraction of sp³-hybridized carbons (Fsp3) is 0.867. The molecule has 5 heteroatoms. The molecule has 3 aliphatic rings. The van der Waals surface area contributed by atoms with Gasteiger partial charge in [-0.25, -0.2) is 4.79 Å². The fourth-order valence-corrected chi connectivity index (χ4v) is 3.83. The van der Waals surface area contributed by atoms with Gasteiger partial charge in [0.15, 0.2) is 0 Å². The summed E-state index contributed by atoms with van der Waals surface area (Å²) in [6.07, 6.45) is 7.48. The van der Waals surface area contributed by atoms with Crippen molar-refractivity contribution in [2.24, 2.45) is 5.92 Å². The van der Waals surface area contributed by atoms with Crippen molar-refractivity contribution in [3.63, 3.8) is 0 Å². The number of urea groups is 1. The van der Waals surface area contributed by atoms with E-state index in [4.69, 9.17) is 0 Å². The zero-order chi connectivity index (χ0) is 13.9. The summed E-state index contributed by atoms with van der Waals surface area (Å²) in [5.74, 6) is 0.647. The summed E-state index contributed by atoms with van der Waals surface area (Å²) in [5.41, 5.74) is 0. The van der Waals surface area contributed by atoms with Gasteiger partial charge in [-0.1, -0.05) is 12.8 Å². The summed E-state index contributed by atoms with van der Waals surface area (Å²) < 4.78 is 0. The number of piperidine rings is 1. The molecular weight excluding hydrogens is 254 g/mol. The SMILES string of the molecule is O=C(C1CCCC1)N1CCC(N2CCCNC2=O)CC1. The number of carbonyl (C=O) groups is 2. The van der Waals surface area contributed by atoms with Crippen LogP contribution in [0.3, 0.4) is 0 Å². The van der Waals surface area contributed by atoms with Crippen molar-refractivity contribution in [3.05, 3.63) is 0 Å². The Morgan fingerprint density at radius 2 is 1.70 bits per heavy atom. The lowest BCUT2D eigenvalue weighted by molar-refractivity contribution is -0.136. The lowest BCUT2D eigenvalue weighted by atomic mass is 9.99. The van der Waals surface area contributed by atoms with Crippen molar-refractivity contribution in [1.82, 2.24) is 15.1 Å². The molecule has 2 saturated heterocycles. The van der Waals surface area contributed by atoms with Crippen LogP contribution in [0.4, 0.5) is 4.79 Å². The Labute approximate surface area is 120 Å². The molecule has 0 aromatic heterocycles. The number of carbonyl (C=O) groups excluding carboxylic acids is 2. The van der Waals surface area contributed by atoms with Crippen LogP contribution in [0.1, 0.15) is 44.9 Å². The first-order chi connectivity index (χ1) is 9.75. The van der Waals surface area contributed by atoms with Crippen molar-refractivity contribution in [3.8, 4) is 0 Å². The summed E-state index contributed by atoms with van der Waals surface area (Å²) in [5, 5.41) is 2.91. The summed E-state index contributed by atoms with van der Waals surface area (Å²) in [7, 11) is 0. The topological polar surface area (TPSA) is 52.7 Å². The summed E-state index contributed by atoms with van der Waals surface area (Å²) in [4.78, 5) is 28.2. The van der Waals surface area contributed by atoms with Crippen LogP contribution in [0, 0.1) is 5.92 Å². The number of hydrogen-bond donors (Lipinski definition) is 1. The van der Waals surface area contributed by atoms with Gasteiger partial charge in [0.25, 0.3) is 0 Å². The Kier molecular flexibility index (Phi) is 4.13. The maximum atomic E-state index is 12.4. The van der Waals surface area contributed by atoms with Crippen molar-refractivity contribution >= 4 is 11.9 Å². The average Bonchev–Trinajstić information content (AvgIpc) is 3.01. The molecule has 0 aromatic rings. The molecule has 0 aromatic carbocycles. The molecule has 2 heterocycles. The van der Waals surface area contributed by atoms with Crippen LogP contribution in [-0.4, -0.2) is 54.0 Å². The van der Waals surface area contributed by atoms with E-state index in [-0.39, 0.29) is 11.9 Å². The van der Waals surface area contributed by atoms with Crippen LogP contribution >= 0.6 is 0 Å². The lowest BCUT2D eigenvalue weighted by Gasteiger charge is -2.40. The van der Waals surface area contributed by atoms with Crippen LogP contribution in [-0.2, 0) is 4.79 Å². The van der Waals surface area contributed by atoms with Gasteiger partial charge < -0.3 is 15.1 Å². The second-order valence-electron chi connectivity index (χ2n) is 6.32. The predicted molar refractivity (Wildman–Crippen MR) is 76.3 cm³/mol. The highest BCUT2D eigenvalue weighted by atomic mass is 16.2. The second-order valence-corrected chi connectivity index (χ2v) is 6.32. The van der Waals surface area contributed by atoms with E-state index in [2.05, 4.69) is 5.32 Å². The third-order valence-electron chi connectivity index (χ3n) is 5.03. The Balaban J connectivity index is 1.51. The molecule has 3 amide bonds. The van der Waals surface area contributed by atoms with Crippen LogP contribution in [0.2, 0.25) is 0 Å². The van der Waals surface area contributed by atoms with Crippen LogP contribution in [0.25, 0.3) is 0 Å². The molecule has 3 fully saturated rings. The molecule has 2 aliphatic heterocycles. The lowest BCUT2D eigenvalue weighted by Crippen LogP contribution is -2.55. The number of rotatable bonds is 2. The fourth-order valence-electron chi connectivity index (χ4n) is 3.83. The molecule has 3 rings (SSSR count). The molecule has 0 bridgehead atoms. The van der Waals surface area contributed by atoms with Crippen LogP contribution in [0.15, 0.2) is 0 Å². The van der Waals surface area contributed by atoms with E-state index in [1.165, 1.54) is 12.8 Å². The zero-order valence-corrected chi connectivity index (χ0v) is 12.1. The normalized spacial score (nSPS) is 25.9. The molecule has 1 N–H and O–H groups in total. The molecule has 20 heavy (non-hydrogen) atoms. The molecule has 5 nitrogen and oxygen atoms in total. The van der Waals surface area contributed by atoms with Crippen LogP contribution in [0.5, 0.6) is 0 Å². The number of likely N-dealkylation sites (tertiary alicyclic amines) is 1. The van der Waals surface area contributed by atoms with Gasteiger partial charge in [-0.3, -0.25) is 4.79 Å². The van der Waals surface area contributed by atoms with Gasteiger partial charge in [0.1, 0.15) is 0 Å². The van der Waals surface area contributed by atoms with Crippen molar-refractivity contribution in [2.75, 3.05) is 26.2 Å². The van der Waals surface area contributed by atoms with Crippen molar-refractivity contribution in [2.45, 2.75) is 51.0 Å². The van der Waals surface area contributed by atoms with E-state index in [1.807, 2.05) is 9.80 Å². The quantitative estimate of drug-likeness (QED) is 0.834. The van der Waals surface area contributed by atoms with Crippen molar-refractivity contribution < 1.29 is 9.59 Å². The molecule has 0 atom stereocenters. The third-order valence-corrected chi connectivity index (χ3v) is 5.03. The Bertz CT molecular complexity index is 371. The Hall–Kier alpha value is -1.26. The number of hydrogen-bond acceptors (Lipinski definition) is 2. The van der Waals surface area contributed by atoms with E-state index in [1.54, 1.807) is 0 Å². The van der Waals surface area contributed by atoms with Crippen molar-refractivity contribution in [1.29, 1.82) is 0 Å². The summed E-state index contributed by atoms with van der Waals surface area (Å²) in [6, 6.07) is 0.403. The molecule has 0 unspecified atom stereocenters. The Morgan fingerprint density at radius 3 is 2.35 bits per heavy atom. The van der Waals surface area contributed by atoms with E-state index in [9.17, 15) is 9.59 Å². The molecule has 1 aliphatic carbocycles. The van der Waals surface area contributed by atoms with E-state index in [0.717, 1.165) is 58.3 Å². The maximum absolute atomic E-state index is 12.4. The minimum atomic E-state index is 0.0804. The molecular formula is C15H25N3O2. The molecule has 0 radical (unpaired) electrons. The third kappa shape index (κ3) is 2.76. The highest BCUT2D eigenvalue weighted by Gasteiger charge is 2.33. The minimum absolute atomic E-state index is 0.0804. The summed E-state index contributed by atoms with van der Waals surface area (Å²) in [6.45, 7) is 3.31. The van der Waals surface area contributed by atoms with Crippen LogP contribution < -0.4 is 5.32 Å². The first-order valence-electron chi connectivity index (χ1n) is 8.09. The van der Waals surface area contributed by atoms with Gasteiger partial charge in [-0.05, 0) is 32.1 Å². The highest BCUT2D eigenvalue weighted by Crippen LogP contribution is 2.28. The highest BCUT2D eigenvalue weighted by molar-refractivity contribution is 5.79. The number of amides is 3. The van der Waals surface area contributed by atoms with E-state index < -0.39 is 0 Å². The first-order valence-corrected chi connectivity index (χ1v) is 8.09. The van der Waals surface area contributed by atoms with E-state index >= 15 is 0 Å².